The number of pyridine rings is 1. The van der Waals surface area contributed by atoms with Gasteiger partial charge in [0, 0.05) is 12.1 Å². The second-order valence-corrected chi connectivity index (χ2v) is 4.71. The number of rotatable bonds is 1. The van der Waals surface area contributed by atoms with Crippen LogP contribution in [0, 0.1) is 0 Å². The molecule has 1 saturated carbocycles. The van der Waals surface area contributed by atoms with Crippen molar-refractivity contribution in [2.45, 2.75) is 31.6 Å². The molecule has 3 nitrogen and oxygen atoms in total. The zero-order valence-corrected chi connectivity index (χ0v) is 9.61. The lowest BCUT2D eigenvalue weighted by Gasteiger charge is -2.07. The SMILES string of the molecule is Oc1cccn2c(C3CCCC3)nc(Cl)c12. The van der Waals surface area contributed by atoms with Crippen molar-refractivity contribution in [2.75, 3.05) is 0 Å². The molecule has 0 saturated heterocycles. The number of nitrogens with zero attached hydrogens (tertiary/aromatic N) is 2. The number of hydrogen-bond donors (Lipinski definition) is 1. The minimum Gasteiger partial charge on any atom is -0.506 e. The third-order valence-corrected chi connectivity index (χ3v) is 3.61. The Hall–Kier alpha value is -1.22. The summed E-state index contributed by atoms with van der Waals surface area (Å²) in [5.74, 6) is 1.68. The van der Waals surface area contributed by atoms with Crippen LogP contribution in [0.1, 0.15) is 37.4 Å². The van der Waals surface area contributed by atoms with Gasteiger partial charge in [-0.3, -0.25) is 4.40 Å². The predicted molar refractivity (Wildman–Crippen MR) is 63.1 cm³/mol. The lowest BCUT2D eigenvalue weighted by atomic mass is 10.1. The van der Waals surface area contributed by atoms with Crippen LogP contribution < -0.4 is 0 Å². The summed E-state index contributed by atoms with van der Waals surface area (Å²) in [7, 11) is 0. The van der Waals surface area contributed by atoms with Crippen LogP contribution in [0.3, 0.4) is 0 Å². The molecule has 1 aliphatic rings. The van der Waals surface area contributed by atoms with E-state index in [4.69, 9.17) is 11.6 Å². The lowest BCUT2D eigenvalue weighted by Crippen LogP contribution is -1.99. The van der Waals surface area contributed by atoms with Gasteiger partial charge in [-0.15, -0.1) is 0 Å². The second-order valence-electron chi connectivity index (χ2n) is 4.35. The molecule has 2 heterocycles. The molecule has 0 atom stereocenters. The van der Waals surface area contributed by atoms with Gasteiger partial charge in [0.1, 0.15) is 17.1 Å². The number of imidazole rings is 1. The number of aromatic hydroxyl groups is 1. The van der Waals surface area contributed by atoms with Gasteiger partial charge in [0.15, 0.2) is 5.15 Å². The highest BCUT2D eigenvalue weighted by molar-refractivity contribution is 6.33. The maximum atomic E-state index is 9.76. The van der Waals surface area contributed by atoms with E-state index in [0.717, 1.165) is 5.82 Å². The fraction of sp³-hybridized carbons (Fsp3) is 0.417. The number of aromatic nitrogens is 2. The van der Waals surface area contributed by atoms with Gasteiger partial charge >= 0.3 is 0 Å². The van der Waals surface area contributed by atoms with E-state index in [1.165, 1.54) is 25.7 Å². The molecule has 0 aromatic carbocycles. The summed E-state index contributed by atoms with van der Waals surface area (Å²) in [4.78, 5) is 4.40. The molecule has 2 aromatic heterocycles. The van der Waals surface area contributed by atoms with Crippen molar-refractivity contribution >= 4 is 17.1 Å². The van der Waals surface area contributed by atoms with E-state index in [9.17, 15) is 5.11 Å². The average Bonchev–Trinajstić information content (AvgIpc) is 2.86. The van der Waals surface area contributed by atoms with Gasteiger partial charge in [0.05, 0.1) is 0 Å². The molecule has 2 aromatic rings. The first-order valence-electron chi connectivity index (χ1n) is 5.63. The van der Waals surface area contributed by atoms with Gasteiger partial charge in [-0.1, -0.05) is 24.4 Å². The molecular formula is C12H13ClN2O. The summed E-state index contributed by atoms with van der Waals surface area (Å²) >= 11 is 6.07. The van der Waals surface area contributed by atoms with Crippen molar-refractivity contribution in [3.05, 3.63) is 29.3 Å². The van der Waals surface area contributed by atoms with Gasteiger partial charge in [0.25, 0.3) is 0 Å². The Bertz CT molecular complexity index is 529. The van der Waals surface area contributed by atoms with Crippen molar-refractivity contribution in [1.29, 1.82) is 0 Å². The van der Waals surface area contributed by atoms with Crippen molar-refractivity contribution < 1.29 is 5.11 Å². The number of fused-ring (bicyclic) bond motifs is 1. The zero-order chi connectivity index (χ0) is 11.1. The Morgan fingerprint density at radius 3 is 2.88 bits per heavy atom. The molecule has 1 fully saturated rings. The molecule has 16 heavy (non-hydrogen) atoms. The van der Waals surface area contributed by atoms with Crippen LogP contribution in [-0.4, -0.2) is 14.5 Å². The maximum Gasteiger partial charge on any atom is 0.158 e. The Kier molecular flexibility index (Phi) is 2.28. The van der Waals surface area contributed by atoms with Crippen LogP contribution in [0.2, 0.25) is 5.15 Å². The summed E-state index contributed by atoms with van der Waals surface area (Å²) < 4.78 is 1.92. The van der Waals surface area contributed by atoms with E-state index in [2.05, 4.69) is 4.98 Å². The summed E-state index contributed by atoms with van der Waals surface area (Å²) in [6.45, 7) is 0. The lowest BCUT2D eigenvalue weighted by molar-refractivity contribution is 0.478. The molecule has 0 amide bonds. The standard InChI is InChI=1S/C12H13ClN2O/c13-11-10-9(16)6-3-7-15(10)12(14-11)8-4-1-2-5-8/h3,6-8,16H,1-2,4-5H2. The van der Waals surface area contributed by atoms with Crippen LogP contribution in [-0.2, 0) is 0 Å². The summed E-state index contributed by atoms with van der Waals surface area (Å²) in [6.07, 6.45) is 6.78. The van der Waals surface area contributed by atoms with E-state index >= 15 is 0 Å². The third kappa shape index (κ3) is 1.39. The number of halogens is 1. The minimum absolute atomic E-state index is 0.198. The van der Waals surface area contributed by atoms with Crippen molar-refractivity contribution in [3.63, 3.8) is 0 Å². The first kappa shape index (κ1) is 9.97. The highest BCUT2D eigenvalue weighted by atomic mass is 35.5. The molecule has 0 bridgehead atoms. The topological polar surface area (TPSA) is 37.5 Å². The average molecular weight is 237 g/mol. The predicted octanol–water partition coefficient (Wildman–Crippen LogP) is 3.35. The minimum atomic E-state index is 0.198. The van der Waals surface area contributed by atoms with Crippen LogP contribution in [0.5, 0.6) is 5.75 Å². The molecular weight excluding hydrogens is 224 g/mol. The first-order valence-corrected chi connectivity index (χ1v) is 6.00. The van der Waals surface area contributed by atoms with E-state index in [0.29, 0.717) is 16.6 Å². The summed E-state index contributed by atoms with van der Waals surface area (Å²) in [6, 6.07) is 3.46. The molecule has 0 unspecified atom stereocenters. The number of hydrogen-bond acceptors (Lipinski definition) is 2. The molecule has 84 valence electrons. The normalized spacial score (nSPS) is 17.3. The quantitative estimate of drug-likeness (QED) is 0.825. The smallest absolute Gasteiger partial charge is 0.158 e. The summed E-state index contributed by atoms with van der Waals surface area (Å²) in [5.41, 5.74) is 0.631. The van der Waals surface area contributed by atoms with Crippen molar-refractivity contribution in [2.24, 2.45) is 0 Å². The third-order valence-electron chi connectivity index (χ3n) is 3.35. The highest BCUT2D eigenvalue weighted by Gasteiger charge is 2.23. The molecule has 0 spiro atoms. The second kappa shape index (κ2) is 3.67. The van der Waals surface area contributed by atoms with E-state index in [1.54, 1.807) is 6.07 Å². The highest BCUT2D eigenvalue weighted by Crippen LogP contribution is 2.36. The van der Waals surface area contributed by atoms with Gasteiger partial charge < -0.3 is 5.11 Å². The maximum absolute atomic E-state index is 9.76. The Balaban J connectivity index is 2.22. The molecule has 3 rings (SSSR count). The van der Waals surface area contributed by atoms with Crippen LogP contribution in [0.4, 0.5) is 0 Å². The molecule has 0 aliphatic heterocycles. The van der Waals surface area contributed by atoms with E-state index in [-0.39, 0.29) is 5.75 Å². The van der Waals surface area contributed by atoms with Crippen LogP contribution in [0.15, 0.2) is 18.3 Å². The molecule has 1 N–H and O–H groups in total. The Morgan fingerprint density at radius 1 is 1.38 bits per heavy atom. The molecule has 4 heteroatoms. The van der Waals surface area contributed by atoms with E-state index in [1.807, 2.05) is 16.7 Å². The zero-order valence-electron chi connectivity index (χ0n) is 8.86. The summed E-state index contributed by atoms with van der Waals surface area (Å²) in [5, 5.41) is 10.2. The Labute approximate surface area is 98.7 Å². The fourth-order valence-corrected chi connectivity index (χ4v) is 2.85. The van der Waals surface area contributed by atoms with Crippen LogP contribution >= 0.6 is 11.6 Å². The molecule has 0 radical (unpaired) electrons. The molecule has 1 aliphatic carbocycles. The van der Waals surface area contributed by atoms with Gasteiger partial charge in [-0.25, -0.2) is 4.98 Å². The van der Waals surface area contributed by atoms with Crippen molar-refractivity contribution in [3.8, 4) is 5.75 Å². The first-order chi connectivity index (χ1) is 7.77. The van der Waals surface area contributed by atoms with Gasteiger partial charge in [-0.05, 0) is 25.0 Å². The van der Waals surface area contributed by atoms with Gasteiger partial charge in [0.2, 0.25) is 0 Å². The van der Waals surface area contributed by atoms with E-state index < -0.39 is 0 Å². The Morgan fingerprint density at radius 2 is 2.12 bits per heavy atom. The van der Waals surface area contributed by atoms with Crippen LogP contribution in [0.25, 0.3) is 5.52 Å². The van der Waals surface area contributed by atoms with Crippen molar-refractivity contribution in [1.82, 2.24) is 9.38 Å². The monoisotopic (exact) mass is 236 g/mol. The fourth-order valence-electron chi connectivity index (χ4n) is 2.57. The largest absolute Gasteiger partial charge is 0.506 e. The van der Waals surface area contributed by atoms with Gasteiger partial charge in [-0.2, -0.15) is 0 Å².